The summed E-state index contributed by atoms with van der Waals surface area (Å²) in [7, 11) is 0. The van der Waals surface area contributed by atoms with Gasteiger partial charge in [0.1, 0.15) is 0 Å². The van der Waals surface area contributed by atoms with Gasteiger partial charge in [0.05, 0.1) is 13.2 Å². The van der Waals surface area contributed by atoms with Crippen molar-refractivity contribution in [2.75, 3.05) is 39.5 Å². The molecular formula is C23H36ClN3O2. The molecule has 1 aliphatic carbocycles. The molecule has 0 aromatic heterocycles. The maximum atomic E-state index is 9.47. The minimum atomic E-state index is -0.0319. The molecule has 1 unspecified atom stereocenters. The van der Waals surface area contributed by atoms with Gasteiger partial charge < -0.3 is 20.5 Å². The van der Waals surface area contributed by atoms with E-state index >= 15 is 0 Å². The molecule has 1 saturated heterocycles. The van der Waals surface area contributed by atoms with Crippen molar-refractivity contribution in [1.82, 2.24) is 10.6 Å². The summed E-state index contributed by atoms with van der Waals surface area (Å²) in [4.78, 5) is 4.89. The van der Waals surface area contributed by atoms with Gasteiger partial charge in [-0.2, -0.15) is 0 Å². The van der Waals surface area contributed by atoms with Crippen LogP contribution in [0.1, 0.15) is 57.4 Å². The molecule has 1 aromatic carbocycles. The average molecular weight is 422 g/mol. The average Bonchev–Trinajstić information content (AvgIpc) is 3.20. The lowest BCUT2D eigenvalue weighted by molar-refractivity contribution is 0.131. The highest BCUT2D eigenvalue weighted by molar-refractivity contribution is 6.30. The fourth-order valence-electron chi connectivity index (χ4n) is 4.73. The van der Waals surface area contributed by atoms with E-state index in [0.29, 0.717) is 13.2 Å². The van der Waals surface area contributed by atoms with Crippen LogP contribution in [-0.2, 0) is 10.2 Å². The van der Waals surface area contributed by atoms with E-state index in [0.717, 1.165) is 43.5 Å². The predicted molar refractivity (Wildman–Crippen MR) is 120 cm³/mol. The van der Waals surface area contributed by atoms with Gasteiger partial charge in [-0.1, -0.05) is 43.0 Å². The van der Waals surface area contributed by atoms with Crippen LogP contribution in [0.25, 0.3) is 0 Å². The number of aliphatic hydroxyl groups excluding tert-OH is 1. The van der Waals surface area contributed by atoms with E-state index in [1.54, 1.807) is 0 Å². The molecule has 0 bridgehead atoms. The number of nitrogens with one attached hydrogen (secondary N) is 2. The van der Waals surface area contributed by atoms with Crippen molar-refractivity contribution >= 4 is 17.6 Å². The lowest BCUT2D eigenvalue weighted by Gasteiger charge is -2.38. The van der Waals surface area contributed by atoms with Crippen molar-refractivity contribution in [3.8, 4) is 0 Å². The topological polar surface area (TPSA) is 65.9 Å². The minimum absolute atomic E-state index is 0.0319. The van der Waals surface area contributed by atoms with Gasteiger partial charge >= 0.3 is 0 Å². The van der Waals surface area contributed by atoms with Crippen LogP contribution in [0.15, 0.2) is 29.3 Å². The van der Waals surface area contributed by atoms with Gasteiger partial charge in [0.25, 0.3) is 0 Å². The van der Waals surface area contributed by atoms with Gasteiger partial charge in [0.15, 0.2) is 5.96 Å². The molecule has 162 valence electrons. The van der Waals surface area contributed by atoms with Gasteiger partial charge in [0, 0.05) is 42.2 Å². The largest absolute Gasteiger partial charge is 0.396 e. The van der Waals surface area contributed by atoms with E-state index in [4.69, 9.17) is 21.3 Å². The first-order valence-corrected chi connectivity index (χ1v) is 11.5. The molecule has 2 fully saturated rings. The third-order valence-electron chi connectivity index (χ3n) is 6.61. The molecule has 1 heterocycles. The first-order valence-electron chi connectivity index (χ1n) is 11.1. The zero-order chi connectivity index (χ0) is 20.6. The van der Waals surface area contributed by atoms with Crippen molar-refractivity contribution in [1.29, 1.82) is 0 Å². The number of aliphatic imine (C=N–C) groups is 1. The smallest absolute Gasteiger partial charge is 0.191 e. The van der Waals surface area contributed by atoms with E-state index in [1.807, 2.05) is 12.1 Å². The van der Waals surface area contributed by atoms with Crippen molar-refractivity contribution in [3.63, 3.8) is 0 Å². The zero-order valence-electron chi connectivity index (χ0n) is 17.7. The summed E-state index contributed by atoms with van der Waals surface area (Å²) >= 11 is 6.13. The number of hydrogen-bond donors (Lipinski definition) is 3. The summed E-state index contributed by atoms with van der Waals surface area (Å²) in [6.07, 6.45) is 7.90. The molecule has 0 amide bonds. The molecule has 5 nitrogen and oxygen atoms in total. The van der Waals surface area contributed by atoms with Crippen LogP contribution in [0.3, 0.4) is 0 Å². The van der Waals surface area contributed by atoms with Crippen molar-refractivity contribution in [3.05, 3.63) is 34.9 Å². The lowest BCUT2D eigenvalue weighted by atomic mass is 9.69. The number of hydrogen-bond acceptors (Lipinski definition) is 3. The number of benzene rings is 1. The van der Waals surface area contributed by atoms with Crippen molar-refractivity contribution in [2.24, 2.45) is 10.4 Å². The van der Waals surface area contributed by atoms with Crippen molar-refractivity contribution in [2.45, 2.75) is 57.3 Å². The lowest BCUT2D eigenvalue weighted by Crippen LogP contribution is -2.47. The molecule has 29 heavy (non-hydrogen) atoms. The van der Waals surface area contributed by atoms with E-state index < -0.39 is 0 Å². The second-order valence-electron chi connectivity index (χ2n) is 8.67. The Morgan fingerprint density at radius 3 is 2.52 bits per heavy atom. The molecule has 6 heteroatoms. The maximum Gasteiger partial charge on any atom is 0.191 e. The summed E-state index contributed by atoms with van der Waals surface area (Å²) in [5.41, 5.74) is 1.46. The fraction of sp³-hybridized carbons (Fsp3) is 0.696. The molecule has 1 aliphatic heterocycles. The highest BCUT2D eigenvalue weighted by Gasteiger charge is 2.35. The van der Waals surface area contributed by atoms with Crippen LogP contribution >= 0.6 is 11.6 Å². The van der Waals surface area contributed by atoms with Gasteiger partial charge in [-0.25, -0.2) is 0 Å². The zero-order valence-corrected chi connectivity index (χ0v) is 18.4. The second kappa shape index (κ2) is 10.6. The Labute approximate surface area is 180 Å². The Balaban J connectivity index is 1.72. The van der Waals surface area contributed by atoms with Crippen LogP contribution in [0, 0.1) is 5.41 Å². The highest BCUT2D eigenvalue weighted by atomic mass is 35.5. The first kappa shape index (κ1) is 22.4. The summed E-state index contributed by atoms with van der Waals surface area (Å²) in [5, 5.41) is 17.3. The molecule has 1 saturated carbocycles. The van der Waals surface area contributed by atoms with Crippen LogP contribution in [0.2, 0.25) is 5.02 Å². The summed E-state index contributed by atoms with van der Waals surface area (Å²) in [5.74, 6) is 0.857. The second-order valence-corrected chi connectivity index (χ2v) is 9.11. The number of guanidine groups is 1. The van der Waals surface area contributed by atoms with Gasteiger partial charge in [0.2, 0.25) is 0 Å². The van der Waals surface area contributed by atoms with E-state index in [9.17, 15) is 5.11 Å². The Kier molecular flexibility index (Phi) is 8.22. The van der Waals surface area contributed by atoms with Crippen LogP contribution in [0.5, 0.6) is 0 Å². The van der Waals surface area contributed by atoms with Crippen LogP contribution in [-0.4, -0.2) is 50.5 Å². The molecule has 0 radical (unpaired) electrons. The van der Waals surface area contributed by atoms with E-state index in [1.165, 1.54) is 37.7 Å². The SMILES string of the molecule is CCNC(=NCC1(CCO)CCOC1)NCC1(c2ccc(Cl)cc2)CCCCC1. The normalized spacial score (nSPS) is 24.4. The van der Waals surface area contributed by atoms with Gasteiger partial charge in [-0.3, -0.25) is 4.99 Å². The molecule has 2 aliphatic rings. The standard InChI is InChI=1S/C23H36ClN3O2/c1-2-25-21(26-16-22(12-14-28)13-15-29-18-22)27-17-23(10-4-3-5-11-23)19-6-8-20(24)9-7-19/h6-9,28H,2-5,10-18H2,1H3,(H2,25,26,27). The highest BCUT2D eigenvalue weighted by Crippen LogP contribution is 2.39. The van der Waals surface area contributed by atoms with E-state index in [-0.39, 0.29) is 17.4 Å². The molecule has 3 rings (SSSR count). The third kappa shape index (κ3) is 5.87. The molecular weight excluding hydrogens is 386 g/mol. The number of halogens is 1. The number of ether oxygens (including phenoxy) is 1. The van der Waals surface area contributed by atoms with Crippen molar-refractivity contribution < 1.29 is 9.84 Å². The molecule has 3 N–H and O–H groups in total. The van der Waals surface area contributed by atoms with Gasteiger partial charge in [-0.15, -0.1) is 0 Å². The van der Waals surface area contributed by atoms with Crippen LogP contribution < -0.4 is 10.6 Å². The summed E-state index contributed by atoms with van der Waals surface area (Å²) in [6.45, 7) is 6.09. The van der Waals surface area contributed by atoms with Crippen LogP contribution in [0.4, 0.5) is 0 Å². The number of rotatable bonds is 8. The summed E-state index contributed by atoms with van der Waals surface area (Å²) in [6, 6.07) is 8.38. The maximum absolute atomic E-state index is 9.47. The molecule has 1 atom stereocenters. The minimum Gasteiger partial charge on any atom is -0.396 e. The Morgan fingerprint density at radius 1 is 1.14 bits per heavy atom. The molecule has 1 aromatic rings. The summed E-state index contributed by atoms with van der Waals surface area (Å²) < 4.78 is 5.61. The Morgan fingerprint density at radius 2 is 1.90 bits per heavy atom. The number of aliphatic hydroxyl groups is 1. The third-order valence-corrected chi connectivity index (χ3v) is 6.86. The fourth-order valence-corrected chi connectivity index (χ4v) is 4.85. The quantitative estimate of drug-likeness (QED) is 0.440. The molecule has 0 spiro atoms. The number of nitrogens with zero attached hydrogens (tertiary/aromatic N) is 1. The Hall–Kier alpha value is -1.30. The predicted octanol–water partition coefficient (Wildman–Crippen LogP) is 3.89. The first-order chi connectivity index (χ1) is 14.1. The monoisotopic (exact) mass is 421 g/mol. The van der Waals surface area contributed by atoms with Gasteiger partial charge in [-0.05, 0) is 50.3 Å². The Bertz CT molecular complexity index is 651. The van der Waals surface area contributed by atoms with E-state index in [2.05, 4.69) is 29.7 Å².